The van der Waals surface area contributed by atoms with Crippen LogP contribution < -0.4 is 15.0 Å². The molecule has 4 aromatic rings. The van der Waals surface area contributed by atoms with Gasteiger partial charge in [-0.05, 0) is 30.3 Å². The average Bonchev–Trinajstić information content (AvgIpc) is 3.33. The van der Waals surface area contributed by atoms with Crippen LogP contribution in [-0.4, -0.2) is 75.6 Å². The third-order valence-electron chi connectivity index (χ3n) is 5.37. The number of aromatic amines is 1. The fourth-order valence-corrected chi connectivity index (χ4v) is 3.65. The van der Waals surface area contributed by atoms with Crippen LogP contribution >= 0.6 is 0 Å². The highest BCUT2D eigenvalue weighted by Crippen LogP contribution is 2.29. The normalized spacial score (nSPS) is 13.6. The molecule has 2 aromatic heterocycles. The molecule has 1 aliphatic rings. The number of benzene rings is 2. The standard InChI is InChI=1S/C23H22N8O3/c1-30(2)21(33)14-6-8-15(9-7-14)34-23-27-20(16-4-3-5-18-17(16)12-25-29-18)26-22(28-23)31-11-10-24-19(32)13-31/h3-9,12H,10-11,13H2,1-2H3,(H,24,32)(H,25,29). The molecule has 34 heavy (non-hydrogen) atoms. The van der Waals surface area contributed by atoms with Gasteiger partial charge in [0, 0.05) is 43.7 Å². The fourth-order valence-electron chi connectivity index (χ4n) is 3.65. The molecule has 2 amide bonds. The third kappa shape index (κ3) is 4.22. The number of H-pyrrole nitrogens is 1. The number of rotatable bonds is 5. The molecule has 2 N–H and O–H groups in total. The highest BCUT2D eigenvalue weighted by atomic mass is 16.5. The molecule has 11 nitrogen and oxygen atoms in total. The maximum atomic E-state index is 12.2. The smallest absolute Gasteiger partial charge is 0.327 e. The summed E-state index contributed by atoms with van der Waals surface area (Å²) in [5.41, 5.74) is 2.15. The van der Waals surface area contributed by atoms with Crippen molar-refractivity contribution in [3.8, 4) is 23.1 Å². The van der Waals surface area contributed by atoms with Gasteiger partial charge in [-0.2, -0.15) is 20.1 Å². The molecule has 0 radical (unpaired) electrons. The van der Waals surface area contributed by atoms with Crippen LogP contribution in [0.3, 0.4) is 0 Å². The van der Waals surface area contributed by atoms with E-state index >= 15 is 0 Å². The molecular formula is C23H22N8O3. The predicted octanol–water partition coefficient (Wildman–Crippen LogP) is 1.85. The monoisotopic (exact) mass is 458 g/mol. The Morgan fingerprint density at radius 1 is 1.09 bits per heavy atom. The SMILES string of the molecule is CN(C)C(=O)c1ccc(Oc2nc(-c3cccc4[nH]ncc34)nc(N3CCNC(=O)C3)n2)cc1. The van der Waals surface area contributed by atoms with Crippen LogP contribution in [0.5, 0.6) is 11.8 Å². The molecule has 0 saturated carbocycles. The van der Waals surface area contributed by atoms with E-state index in [1.807, 2.05) is 18.2 Å². The van der Waals surface area contributed by atoms with E-state index in [0.717, 1.165) is 16.5 Å². The number of nitrogens with one attached hydrogen (secondary N) is 2. The van der Waals surface area contributed by atoms with E-state index < -0.39 is 0 Å². The van der Waals surface area contributed by atoms with Crippen LogP contribution in [0.1, 0.15) is 10.4 Å². The fraction of sp³-hybridized carbons (Fsp3) is 0.217. The van der Waals surface area contributed by atoms with Crippen molar-refractivity contribution in [2.75, 3.05) is 38.6 Å². The lowest BCUT2D eigenvalue weighted by Gasteiger charge is -2.26. The lowest BCUT2D eigenvalue weighted by molar-refractivity contribution is -0.120. The number of fused-ring (bicyclic) bond motifs is 1. The largest absolute Gasteiger partial charge is 0.424 e. The summed E-state index contributed by atoms with van der Waals surface area (Å²) >= 11 is 0. The number of carbonyl (C=O) groups is 2. The molecule has 1 aliphatic heterocycles. The Morgan fingerprint density at radius 3 is 2.68 bits per heavy atom. The van der Waals surface area contributed by atoms with Crippen LogP contribution in [0, 0.1) is 0 Å². The zero-order chi connectivity index (χ0) is 23.7. The number of nitrogens with zero attached hydrogens (tertiary/aromatic N) is 6. The van der Waals surface area contributed by atoms with Crippen molar-refractivity contribution in [1.82, 2.24) is 35.4 Å². The lowest BCUT2D eigenvalue weighted by atomic mass is 10.1. The van der Waals surface area contributed by atoms with Gasteiger partial charge >= 0.3 is 6.01 Å². The topological polar surface area (TPSA) is 129 Å². The highest BCUT2D eigenvalue weighted by molar-refractivity contribution is 5.94. The second-order valence-electron chi connectivity index (χ2n) is 7.98. The first kappa shape index (κ1) is 21.3. The predicted molar refractivity (Wildman–Crippen MR) is 125 cm³/mol. The van der Waals surface area contributed by atoms with Gasteiger partial charge in [0.25, 0.3) is 5.91 Å². The number of ether oxygens (including phenoxy) is 1. The van der Waals surface area contributed by atoms with Gasteiger partial charge in [0.15, 0.2) is 5.82 Å². The van der Waals surface area contributed by atoms with Crippen molar-refractivity contribution >= 4 is 28.7 Å². The van der Waals surface area contributed by atoms with Crippen LogP contribution in [0.4, 0.5) is 5.95 Å². The van der Waals surface area contributed by atoms with E-state index in [2.05, 4.69) is 30.5 Å². The summed E-state index contributed by atoms with van der Waals surface area (Å²) in [6, 6.07) is 12.5. The van der Waals surface area contributed by atoms with Crippen molar-refractivity contribution in [2.45, 2.75) is 0 Å². The molecule has 0 bridgehead atoms. The quantitative estimate of drug-likeness (QED) is 0.464. The number of amides is 2. The molecule has 0 aliphatic carbocycles. The lowest BCUT2D eigenvalue weighted by Crippen LogP contribution is -2.48. The van der Waals surface area contributed by atoms with Crippen LogP contribution in [0.2, 0.25) is 0 Å². The number of hydrogen-bond acceptors (Lipinski definition) is 8. The number of hydrogen-bond donors (Lipinski definition) is 2. The zero-order valence-electron chi connectivity index (χ0n) is 18.6. The van der Waals surface area contributed by atoms with Gasteiger partial charge in [-0.15, -0.1) is 0 Å². The minimum absolute atomic E-state index is 0.0816. The van der Waals surface area contributed by atoms with Crippen molar-refractivity contribution in [3.05, 3.63) is 54.2 Å². The first-order valence-corrected chi connectivity index (χ1v) is 10.7. The summed E-state index contributed by atoms with van der Waals surface area (Å²) in [6.45, 7) is 1.20. The van der Waals surface area contributed by atoms with Gasteiger partial charge in [0.2, 0.25) is 11.9 Å². The minimum atomic E-state index is -0.104. The van der Waals surface area contributed by atoms with Crippen molar-refractivity contribution in [3.63, 3.8) is 0 Å². The summed E-state index contributed by atoms with van der Waals surface area (Å²) in [7, 11) is 3.39. The molecule has 0 unspecified atom stereocenters. The summed E-state index contributed by atoms with van der Waals surface area (Å²) in [4.78, 5) is 41.0. The summed E-state index contributed by atoms with van der Waals surface area (Å²) in [5, 5.41) is 10.7. The number of piperazine rings is 1. The minimum Gasteiger partial charge on any atom is -0.424 e. The Morgan fingerprint density at radius 2 is 1.91 bits per heavy atom. The first-order valence-electron chi connectivity index (χ1n) is 10.7. The van der Waals surface area contributed by atoms with E-state index in [4.69, 9.17) is 4.74 Å². The zero-order valence-corrected chi connectivity index (χ0v) is 18.6. The summed E-state index contributed by atoms with van der Waals surface area (Å²) in [6.07, 6.45) is 1.71. The number of aromatic nitrogens is 5. The van der Waals surface area contributed by atoms with Gasteiger partial charge in [-0.1, -0.05) is 12.1 Å². The van der Waals surface area contributed by atoms with Crippen LogP contribution in [0.25, 0.3) is 22.3 Å². The van der Waals surface area contributed by atoms with Crippen molar-refractivity contribution in [1.29, 1.82) is 0 Å². The van der Waals surface area contributed by atoms with Gasteiger partial charge in [0.05, 0.1) is 18.3 Å². The molecule has 11 heteroatoms. The van der Waals surface area contributed by atoms with Crippen LogP contribution in [0.15, 0.2) is 48.7 Å². The van der Waals surface area contributed by atoms with Gasteiger partial charge in [0.1, 0.15) is 5.75 Å². The highest BCUT2D eigenvalue weighted by Gasteiger charge is 2.22. The number of carbonyl (C=O) groups excluding carboxylic acids is 2. The van der Waals surface area contributed by atoms with E-state index in [0.29, 0.717) is 36.2 Å². The summed E-state index contributed by atoms with van der Waals surface area (Å²) < 4.78 is 5.95. The Balaban J connectivity index is 1.53. The van der Waals surface area contributed by atoms with Gasteiger partial charge in [-0.25, -0.2) is 0 Å². The van der Waals surface area contributed by atoms with E-state index in [1.54, 1.807) is 49.5 Å². The van der Waals surface area contributed by atoms with Gasteiger partial charge < -0.3 is 19.9 Å². The molecular weight excluding hydrogens is 436 g/mol. The molecule has 0 atom stereocenters. The summed E-state index contributed by atoms with van der Waals surface area (Å²) in [5.74, 6) is 1.00. The van der Waals surface area contributed by atoms with Crippen molar-refractivity contribution < 1.29 is 14.3 Å². The Kier molecular flexibility index (Phi) is 5.50. The molecule has 5 rings (SSSR count). The first-order chi connectivity index (χ1) is 16.5. The van der Waals surface area contributed by atoms with Gasteiger partial charge in [-0.3, -0.25) is 14.7 Å². The van der Waals surface area contributed by atoms with Crippen molar-refractivity contribution in [2.24, 2.45) is 0 Å². The van der Waals surface area contributed by atoms with Crippen LogP contribution in [-0.2, 0) is 4.79 Å². The van der Waals surface area contributed by atoms with E-state index in [-0.39, 0.29) is 24.4 Å². The maximum absolute atomic E-state index is 12.2. The Labute approximate surface area is 194 Å². The van der Waals surface area contributed by atoms with E-state index in [9.17, 15) is 9.59 Å². The molecule has 1 fully saturated rings. The number of anilines is 1. The Hall–Kier alpha value is -4.54. The third-order valence-corrected chi connectivity index (χ3v) is 5.37. The molecule has 1 saturated heterocycles. The molecule has 2 aromatic carbocycles. The van der Waals surface area contributed by atoms with E-state index in [1.165, 1.54) is 4.90 Å². The maximum Gasteiger partial charge on any atom is 0.327 e. The second-order valence-corrected chi connectivity index (χ2v) is 7.98. The Bertz CT molecular complexity index is 1370. The molecule has 172 valence electrons. The second kappa shape index (κ2) is 8.77. The average molecular weight is 458 g/mol. The molecule has 3 heterocycles. The molecule has 0 spiro atoms.